The molecule has 0 saturated carbocycles. The van der Waals surface area contributed by atoms with Crippen molar-refractivity contribution in [3.05, 3.63) is 48.5 Å². The number of nitrogens with zero attached hydrogens (tertiary/aromatic N) is 4. The zero-order valence-corrected chi connectivity index (χ0v) is 17.0. The van der Waals surface area contributed by atoms with Crippen molar-refractivity contribution in [1.82, 2.24) is 19.5 Å². The number of nitrogens with one attached hydrogen (secondary N) is 1. The molecule has 2 aromatic heterocycles. The van der Waals surface area contributed by atoms with E-state index in [-0.39, 0.29) is 23.6 Å². The van der Waals surface area contributed by atoms with Crippen LogP contribution in [0.3, 0.4) is 0 Å². The first kappa shape index (κ1) is 21.8. The van der Waals surface area contributed by atoms with Gasteiger partial charge in [-0.15, -0.1) is 0 Å². The monoisotopic (exact) mass is 443 g/mol. The number of rotatable bonds is 6. The highest BCUT2D eigenvalue weighted by Gasteiger charge is 2.62. The largest absolute Gasteiger partial charge is 0.462 e. The molecule has 3 heterocycles. The van der Waals surface area contributed by atoms with Gasteiger partial charge in [0.1, 0.15) is 31.0 Å². The van der Waals surface area contributed by atoms with E-state index in [4.69, 9.17) is 9.47 Å². The molecule has 4 rings (SSSR count). The lowest BCUT2D eigenvalue weighted by Crippen LogP contribution is -2.52. The SMILES string of the molecule is CCOC(=O)[C@@]1(n2cnc3c(NC(=O)c4ccccc4)ncnc32)O[C@H](CO)[C@@H](O)[C@H]1O. The normalized spacial score (nSPS) is 25.1. The Morgan fingerprint density at radius 1 is 1.22 bits per heavy atom. The number of anilines is 1. The molecule has 12 nitrogen and oxygen atoms in total. The first-order valence-corrected chi connectivity index (χ1v) is 9.81. The smallest absolute Gasteiger partial charge is 0.363 e. The van der Waals surface area contributed by atoms with Crippen LogP contribution in [-0.2, 0) is 20.0 Å². The molecule has 1 aliphatic heterocycles. The van der Waals surface area contributed by atoms with Crippen molar-refractivity contribution in [3.63, 3.8) is 0 Å². The van der Waals surface area contributed by atoms with Gasteiger partial charge >= 0.3 is 5.97 Å². The van der Waals surface area contributed by atoms with Crippen molar-refractivity contribution in [2.45, 2.75) is 31.0 Å². The van der Waals surface area contributed by atoms with E-state index < -0.39 is 42.5 Å². The van der Waals surface area contributed by atoms with Gasteiger partial charge < -0.3 is 30.1 Å². The van der Waals surface area contributed by atoms with Gasteiger partial charge in [0.25, 0.3) is 11.6 Å². The summed E-state index contributed by atoms with van der Waals surface area (Å²) in [7, 11) is 0. The molecule has 0 aliphatic carbocycles. The van der Waals surface area contributed by atoms with Crippen molar-refractivity contribution in [3.8, 4) is 0 Å². The van der Waals surface area contributed by atoms with E-state index in [1.54, 1.807) is 37.3 Å². The summed E-state index contributed by atoms with van der Waals surface area (Å²) in [6.07, 6.45) is -2.34. The minimum Gasteiger partial charge on any atom is -0.462 e. The lowest BCUT2D eigenvalue weighted by molar-refractivity contribution is -0.199. The number of carbonyl (C=O) groups is 2. The number of hydrogen-bond donors (Lipinski definition) is 4. The molecular weight excluding hydrogens is 422 g/mol. The van der Waals surface area contributed by atoms with Crippen molar-refractivity contribution in [2.24, 2.45) is 0 Å². The molecule has 168 valence electrons. The first-order valence-electron chi connectivity index (χ1n) is 9.81. The molecule has 0 radical (unpaired) electrons. The number of aromatic nitrogens is 4. The van der Waals surface area contributed by atoms with E-state index in [0.29, 0.717) is 5.56 Å². The van der Waals surface area contributed by atoms with Crippen LogP contribution in [0.25, 0.3) is 11.2 Å². The number of imidazole rings is 1. The van der Waals surface area contributed by atoms with Gasteiger partial charge in [-0.2, -0.15) is 0 Å². The van der Waals surface area contributed by atoms with E-state index in [2.05, 4.69) is 20.3 Å². The number of aliphatic hydroxyl groups is 3. The zero-order valence-electron chi connectivity index (χ0n) is 17.0. The predicted molar refractivity (Wildman–Crippen MR) is 108 cm³/mol. The van der Waals surface area contributed by atoms with Gasteiger partial charge in [-0.3, -0.25) is 9.36 Å². The Morgan fingerprint density at radius 3 is 2.62 bits per heavy atom. The Bertz CT molecular complexity index is 1140. The standard InChI is InChI=1S/C20H21N5O7/c1-2-31-19(30)20(15(28)14(27)12(8-26)32-20)25-10-23-13-16(21-9-22-17(13)25)24-18(29)11-6-4-3-5-7-11/h3-7,9-10,12,14-15,26-28H,2,8H2,1H3,(H,21,22,24,29)/t12-,14-,15-,20+/m1/s1. The van der Waals surface area contributed by atoms with Gasteiger partial charge in [0.15, 0.2) is 17.0 Å². The molecule has 32 heavy (non-hydrogen) atoms. The average Bonchev–Trinajstić information content (AvgIpc) is 3.35. The first-order chi connectivity index (χ1) is 15.4. The molecule has 4 N–H and O–H groups in total. The molecule has 4 atom stereocenters. The minimum absolute atomic E-state index is 0.0289. The van der Waals surface area contributed by atoms with Gasteiger partial charge in [0, 0.05) is 5.56 Å². The Morgan fingerprint density at radius 2 is 1.97 bits per heavy atom. The predicted octanol–water partition coefficient (Wildman–Crippen LogP) is -0.593. The molecule has 1 aliphatic rings. The van der Waals surface area contributed by atoms with Crippen LogP contribution in [-0.4, -0.2) is 78.2 Å². The molecule has 0 bridgehead atoms. The van der Waals surface area contributed by atoms with Crippen molar-refractivity contribution < 1.29 is 34.4 Å². The Kier molecular flexibility index (Phi) is 5.84. The summed E-state index contributed by atoms with van der Waals surface area (Å²) in [4.78, 5) is 37.8. The lowest BCUT2D eigenvalue weighted by atomic mass is 10.0. The number of hydrogen-bond acceptors (Lipinski definition) is 10. The number of carbonyl (C=O) groups excluding carboxylic acids is 2. The second kappa shape index (κ2) is 8.59. The summed E-state index contributed by atoms with van der Waals surface area (Å²) in [6.45, 7) is 0.883. The maximum absolute atomic E-state index is 12.9. The van der Waals surface area contributed by atoms with Crippen LogP contribution in [0.5, 0.6) is 0 Å². The number of aliphatic hydroxyl groups excluding tert-OH is 3. The summed E-state index contributed by atoms with van der Waals surface area (Å²) in [5, 5.41) is 33.2. The van der Waals surface area contributed by atoms with Crippen molar-refractivity contribution >= 4 is 28.9 Å². The third-order valence-electron chi connectivity index (χ3n) is 5.14. The summed E-state index contributed by atoms with van der Waals surface area (Å²) in [5.41, 5.74) is -1.73. The van der Waals surface area contributed by atoms with E-state index in [0.717, 1.165) is 17.2 Å². The van der Waals surface area contributed by atoms with E-state index in [1.165, 1.54) is 0 Å². The van der Waals surface area contributed by atoms with E-state index in [9.17, 15) is 24.9 Å². The van der Waals surface area contributed by atoms with Crippen molar-refractivity contribution in [2.75, 3.05) is 18.5 Å². The summed E-state index contributed by atoms with van der Waals surface area (Å²) >= 11 is 0. The maximum atomic E-state index is 12.9. The third kappa shape index (κ3) is 3.39. The Hall–Kier alpha value is -3.45. The van der Waals surface area contributed by atoms with E-state index >= 15 is 0 Å². The fourth-order valence-electron chi connectivity index (χ4n) is 3.59. The average molecular weight is 443 g/mol. The molecule has 0 spiro atoms. The molecule has 12 heteroatoms. The summed E-state index contributed by atoms with van der Waals surface area (Å²) in [6, 6.07) is 8.45. The van der Waals surface area contributed by atoms with E-state index in [1.807, 2.05) is 0 Å². The molecule has 1 fully saturated rings. The fraction of sp³-hybridized carbons (Fsp3) is 0.350. The number of esters is 1. The molecule has 1 saturated heterocycles. The van der Waals surface area contributed by atoms with Crippen LogP contribution in [0.15, 0.2) is 43.0 Å². The number of fused-ring (bicyclic) bond motifs is 1. The van der Waals surface area contributed by atoms with Gasteiger partial charge in [0.2, 0.25) is 0 Å². The van der Waals surface area contributed by atoms with Crippen LogP contribution < -0.4 is 5.32 Å². The highest BCUT2D eigenvalue weighted by atomic mass is 16.6. The maximum Gasteiger partial charge on any atom is 0.363 e. The molecule has 0 unspecified atom stereocenters. The van der Waals surface area contributed by atoms with Crippen LogP contribution in [0.4, 0.5) is 5.82 Å². The van der Waals surface area contributed by atoms with Crippen LogP contribution in [0.1, 0.15) is 17.3 Å². The highest BCUT2D eigenvalue weighted by Crippen LogP contribution is 2.39. The van der Waals surface area contributed by atoms with Gasteiger partial charge in [-0.1, -0.05) is 18.2 Å². The topological polar surface area (TPSA) is 169 Å². The number of ether oxygens (including phenoxy) is 2. The summed E-state index contributed by atoms with van der Waals surface area (Å²) < 4.78 is 11.8. The molecular formula is C20H21N5O7. The molecule has 1 amide bonds. The fourth-order valence-corrected chi connectivity index (χ4v) is 3.59. The zero-order chi connectivity index (χ0) is 22.9. The van der Waals surface area contributed by atoms with Gasteiger partial charge in [-0.25, -0.2) is 19.7 Å². The lowest BCUT2D eigenvalue weighted by Gasteiger charge is -2.30. The van der Waals surface area contributed by atoms with Crippen LogP contribution in [0, 0.1) is 0 Å². The minimum atomic E-state index is -2.26. The van der Waals surface area contributed by atoms with Crippen molar-refractivity contribution in [1.29, 1.82) is 0 Å². The Labute approximate surface area is 181 Å². The quantitative estimate of drug-likeness (QED) is 0.361. The second-order valence-corrected chi connectivity index (χ2v) is 7.02. The third-order valence-corrected chi connectivity index (χ3v) is 5.14. The number of benzene rings is 1. The van der Waals surface area contributed by atoms with Crippen LogP contribution in [0.2, 0.25) is 0 Å². The second-order valence-electron chi connectivity index (χ2n) is 7.02. The van der Waals surface area contributed by atoms with Crippen LogP contribution >= 0.6 is 0 Å². The molecule has 1 aromatic carbocycles. The number of amides is 1. The molecule has 3 aromatic rings. The Balaban J connectivity index is 1.79. The summed E-state index contributed by atoms with van der Waals surface area (Å²) in [5.74, 6) is -1.38. The van der Waals surface area contributed by atoms with Gasteiger partial charge in [0.05, 0.1) is 13.2 Å². The van der Waals surface area contributed by atoms with Gasteiger partial charge in [-0.05, 0) is 19.1 Å². The highest BCUT2D eigenvalue weighted by molar-refractivity contribution is 6.06.